The molecule has 3 heterocycles. The Morgan fingerprint density at radius 3 is 2.59 bits per heavy atom. The fourth-order valence-electron chi connectivity index (χ4n) is 4.77. The Morgan fingerprint density at radius 2 is 1.90 bits per heavy atom. The van der Waals surface area contributed by atoms with E-state index in [9.17, 15) is 23.6 Å². The molecule has 1 aliphatic rings. The lowest BCUT2D eigenvalue weighted by Gasteiger charge is -2.24. The number of aromatic nitrogens is 4. The Labute approximate surface area is 230 Å². The lowest BCUT2D eigenvalue weighted by molar-refractivity contribution is -0.135. The quantitative estimate of drug-likeness (QED) is 0.334. The van der Waals surface area contributed by atoms with Crippen LogP contribution >= 0.6 is 15.9 Å². The summed E-state index contributed by atoms with van der Waals surface area (Å²) >= 11 is 3.48. The van der Waals surface area contributed by atoms with Gasteiger partial charge in [0, 0.05) is 6.42 Å². The largest absolute Gasteiger partial charge is 0.319 e. The van der Waals surface area contributed by atoms with Gasteiger partial charge in [0.25, 0.3) is 11.5 Å². The number of nitrogens with zero attached hydrogens (tertiary/aromatic N) is 4. The number of benzene rings is 2. The summed E-state index contributed by atoms with van der Waals surface area (Å²) in [6.45, 7) is 5.40. The molecule has 0 radical (unpaired) electrons. The number of halogens is 2. The summed E-state index contributed by atoms with van der Waals surface area (Å²) in [5, 5.41) is 9.66. The molecule has 0 bridgehead atoms. The Kier molecular flexibility index (Phi) is 6.89. The van der Waals surface area contributed by atoms with Crippen LogP contribution in [0.2, 0.25) is 0 Å². The van der Waals surface area contributed by atoms with Crippen LogP contribution in [0.1, 0.15) is 60.7 Å². The van der Waals surface area contributed by atoms with Crippen LogP contribution in [0.3, 0.4) is 0 Å². The molecule has 0 spiro atoms. The Balaban J connectivity index is 1.55. The van der Waals surface area contributed by atoms with E-state index in [1.165, 1.54) is 15.3 Å². The first-order valence-electron chi connectivity index (χ1n) is 12.3. The monoisotopic (exact) mass is 594 g/mol. The van der Waals surface area contributed by atoms with Crippen molar-refractivity contribution in [2.75, 3.05) is 5.32 Å². The zero-order chi connectivity index (χ0) is 28.0. The zero-order valence-corrected chi connectivity index (χ0v) is 22.9. The van der Waals surface area contributed by atoms with Crippen molar-refractivity contribution in [2.24, 2.45) is 0 Å². The van der Waals surface area contributed by atoms with Crippen molar-refractivity contribution in [1.29, 1.82) is 0 Å². The maximum atomic E-state index is 14.6. The van der Waals surface area contributed by atoms with Crippen molar-refractivity contribution in [1.82, 2.24) is 24.6 Å². The van der Waals surface area contributed by atoms with E-state index in [2.05, 4.69) is 36.6 Å². The van der Waals surface area contributed by atoms with Crippen LogP contribution in [0.5, 0.6) is 0 Å². The summed E-state index contributed by atoms with van der Waals surface area (Å²) in [5.74, 6) is -1.85. The number of carbonyl (C=O) groups is 3. The number of amides is 3. The highest BCUT2D eigenvalue weighted by atomic mass is 79.9. The number of hydrogen-bond donors (Lipinski definition) is 2. The van der Waals surface area contributed by atoms with Crippen LogP contribution in [-0.4, -0.2) is 37.1 Å². The van der Waals surface area contributed by atoms with Crippen molar-refractivity contribution < 1.29 is 18.8 Å². The second-order valence-corrected chi connectivity index (χ2v) is 10.3. The van der Waals surface area contributed by atoms with Gasteiger partial charge in [-0.25, -0.2) is 14.1 Å². The first-order valence-corrected chi connectivity index (χ1v) is 13.1. The molecule has 12 heteroatoms. The third kappa shape index (κ3) is 4.65. The van der Waals surface area contributed by atoms with Gasteiger partial charge in [0.15, 0.2) is 5.69 Å². The molecule has 4 aromatic rings. The highest BCUT2D eigenvalue weighted by Crippen LogP contribution is 2.32. The molecule has 1 fully saturated rings. The molecule has 1 unspecified atom stereocenters. The summed E-state index contributed by atoms with van der Waals surface area (Å²) in [6, 6.07) is 10.0. The molecule has 0 aliphatic carbocycles. The Morgan fingerprint density at radius 1 is 1.15 bits per heavy atom. The number of piperidine rings is 1. The van der Waals surface area contributed by atoms with Gasteiger partial charge in [-0.15, -0.1) is 0 Å². The van der Waals surface area contributed by atoms with Crippen LogP contribution in [0.4, 0.5) is 10.1 Å². The summed E-state index contributed by atoms with van der Waals surface area (Å²) < 4.78 is 17.7. The molecular weight excluding hydrogens is 571 g/mol. The summed E-state index contributed by atoms with van der Waals surface area (Å²) in [5.41, 5.74) is 0.904. The van der Waals surface area contributed by atoms with Crippen molar-refractivity contribution in [3.8, 4) is 5.69 Å². The standard InChI is InChI=1S/C27H24BrFN6O4/c1-13(2)24-21(28)23(33-35(24)18-10-5-4-8-16(18)29)26(38)31-17-9-6-7-15-22(17)30-14(3)34(27(15)39)19-11-12-20(36)32-25(19)37/h4-10,13,19H,11-12H2,1-3H3,(H,31,38)(H,32,36,37). The fourth-order valence-corrected chi connectivity index (χ4v) is 5.65. The molecule has 5 rings (SSSR count). The van der Waals surface area contributed by atoms with Gasteiger partial charge >= 0.3 is 0 Å². The van der Waals surface area contributed by atoms with Gasteiger partial charge in [0.1, 0.15) is 28.9 Å². The topological polar surface area (TPSA) is 128 Å². The predicted molar refractivity (Wildman–Crippen MR) is 145 cm³/mol. The van der Waals surface area contributed by atoms with Gasteiger partial charge in [0.05, 0.1) is 21.2 Å². The number of fused-ring (bicyclic) bond motifs is 1. The number of rotatable bonds is 5. The number of imide groups is 1. The van der Waals surface area contributed by atoms with Gasteiger partial charge in [-0.1, -0.05) is 32.0 Å². The van der Waals surface area contributed by atoms with E-state index in [0.717, 1.165) is 0 Å². The molecule has 1 atom stereocenters. The van der Waals surface area contributed by atoms with Crippen LogP contribution in [0, 0.1) is 12.7 Å². The molecule has 10 nitrogen and oxygen atoms in total. The average molecular weight is 595 g/mol. The van der Waals surface area contributed by atoms with E-state index >= 15 is 0 Å². The second kappa shape index (κ2) is 10.2. The molecule has 3 amide bonds. The number of nitrogens with one attached hydrogen (secondary N) is 2. The molecule has 200 valence electrons. The van der Waals surface area contributed by atoms with Crippen molar-refractivity contribution in [3.05, 3.63) is 80.3 Å². The summed E-state index contributed by atoms with van der Waals surface area (Å²) in [7, 11) is 0. The number of aryl methyl sites for hydroxylation is 1. The third-order valence-corrected chi connectivity index (χ3v) is 7.36. The van der Waals surface area contributed by atoms with Crippen LogP contribution in [0.25, 0.3) is 16.6 Å². The van der Waals surface area contributed by atoms with Crippen molar-refractivity contribution in [3.63, 3.8) is 0 Å². The minimum absolute atomic E-state index is 0.0348. The molecule has 2 N–H and O–H groups in total. The highest BCUT2D eigenvalue weighted by Gasteiger charge is 2.31. The van der Waals surface area contributed by atoms with Gasteiger partial charge < -0.3 is 5.32 Å². The molecule has 1 aliphatic heterocycles. The fraction of sp³-hybridized carbons (Fsp3) is 0.259. The Bertz CT molecular complexity index is 1730. The van der Waals surface area contributed by atoms with E-state index in [0.29, 0.717) is 10.2 Å². The molecular formula is C27H24BrFN6O4. The van der Waals surface area contributed by atoms with Gasteiger partial charge in [-0.3, -0.25) is 29.1 Å². The smallest absolute Gasteiger partial charge is 0.277 e. The maximum Gasteiger partial charge on any atom is 0.277 e. The first-order chi connectivity index (χ1) is 18.6. The molecule has 2 aromatic carbocycles. The van der Waals surface area contributed by atoms with Gasteiger partial charge in [0.2, 0.25) is 11.8 Å². The van der Waals surface area contributed by atoms with Crippen molar-refractivity contribution >= 4 is 50.2 Å². The lowest BCUT2D eigenvalue weighted by Crippen LogP contribution is -2.45. The average Bonchev–Trinajstić information content (AvgIpc) is 3.23. The minimum Gasteiger partial charge on any atom is -0.319 e. The molecule has 39 heavy (non-hydrogen) atoms. The molecule has 1 saturated heterocycles. The number of anilines is 1. The van der Waals surface area contributed by atoms with E-state index in [4.69, 9.17) is 0 Å². The number of carbonyl (C=O) groups excluding carboxylic acids is 3. The van der Waals surface area contributed by atoms with Gasteiger partial charge in [-0.2, -0.15) is 5.10 Å². The van der Waals surface area contributed by atoms with Crippen LogP contribution < -0.4 is 16.2 Å². The van der Waals surface area contributed by atoms with Crippen LogP contribution in [-0.2, 0) is 9.59 Å². The van der Waals surface area contributed by atoms with Crippen LogP contribution in [0.15, 0.2) is 51.7 Å². The molecule has 2 aromatic heterocycles. The normalized spacial score (nSPS) is 15.6. The second-order valence-electron chi connectivity index (χ2n) is 9.52. The molecule has 0 saturated carbocycles. The van der Waals surface area contributed by atoms with E-state index in [1.807, 2.05) is 13.8 Å². The lowest BCUT2D eigenvalue weighted by atomic mass is 10.1. The number of hydrogen-bond acceptors (Lipinski definition) is 6. The van der Waals surface area contributed by atoms with E-state index in [-0.39, 0.29) is 58.5 Å². The highest BCUT2D eigenvalue weighted by molar-refractivity contribution is 9.10. The predicted octanol–water partition coefficient (Wildman–Crippen LogP) is 4.15. The third-order valence-electron chi connectivity index (χ3n) is 6.58. The van der Waals surface area contributed by atoms with E-state index < -0.39 is 29.2 Å². The summed E-state index contributed by atoms with van der Waals surface area (Å²) in [6.07, 6.45) is 0.301. The first kappa shape index (κ1) is 26.4. The SMILES string of the molecule is Cc1nc2c(NC(=O)c3nn(-c4ccccc4F)c(C(C)C)c3Br)cccc2c(=O)n1C1CCC(=O)NC1=O. The Hall–Kier alpha value is -4.19. The van der Waals surface area contributed by atoms with Crippen molar-refractivity contribution in [2.45, 2.75) is 45.6 Å². The number of para-hydroxylation sites is 2. The summed E-state index contributed by atoms with van der Waals surface area (Å²) in [4.78, 5) is 55.4. The minimum atomic E-state index is -0.863. The van der Waals surface area contributed by atoms with Gasteiger partial charge in [-0.05, 0) is 59.5 Å². The maximum absolute atomic E-state index is 14.6. The van der Waals surface area contributed by atoms with E-state index in [1.54, 1.807) is 43.3 Å². The zero-order valence-electron chi connectivity index (χ0n) is 21.3.